The lowest BCUT2D eigenvalue weighted by atomic mass is 10.1. The van der Waals surface area contributed by atoms with Crippen molar-refractivity contribution in [2.75, 3.05) is 25.5 Å². The molecule has 1 rings (SSSR count). The number of hydrogen-bond acceptors (Lipinski definition) is 3. The van der Waals surface area contributed by atoms with Crippen molar-refractivity contribution in [3.63, 3.8) is 0 Å². The molecule has 0 atom stereocenters. The van der Waals surface area contributed by atoms with E-state index >= 15 is 0 Å². The Morgan fingerprint density at radius 3 is 2.72 bits per heavy atom. The fourth-order valence-electron chi connectivity index (χ4n) is 1.50. The van der Waals surface area contributed by atoms with Crippen LogP contribution < -0.4 is 11.1 Å². The molecular formula is C13H20FN3S. The summed E-state index contributed by atoms with van der Waals surface area (Å²) in [6.45, 7) is 5.93. The van der Waals surface area contributed by atoms with E-state index in [0.29, 0.717) is 11.6 Å². The lowest BCUT2D eigenvalue weighted by Gasteiger charge is -2.21. The number of halogens is 1. The number of hydrogen-bond donors (Lipinski definition) is 2. The van der Waals surface area contributed by atoms with Gasteiger partial charge in [0.25, 0.3) is 0 Å². The maximum absolute atomic E-state index is 13.1. The van der Waals surface area contributed by atoms with E-state index in [1.54, 1.807) is 6.07 Å². The molecule has 0 bridgehead atoms. The summed E-state index contributed by atoms with van der Waals surface area (Å²) in [5.74, 6) is -0.331. The average molecular weight is 269 g/mol. The number of benzene rings is 1. The molecule has 1 aromatic carbocycles. The number of nitrogens with two attached hydrogens (primary N) is 1. The number of thiocarbonyl (C=S) groups is 1. The first kappa shape index (κ1) is 14.9. The van der Waals surface area contributed by atoms with E-state index in [2.05, 4.69) is 31.1 Å². The van der Waals surface area contributed by atoms with Crippen molar-refractivity contribution in [2.45, 2.75) is 19.9 Å². The smallest absolute Gasteiger partial charge is 0.124 e. The largest absolute Gasteiger partial charge is 0.389 e. The van der Waals surface area contributed by atoms with Crippen LogP contribution in [0.1, 0.15) is 19.4 Å². The zero-order valence-electron chi connectivity index (χ0n) is 11.0. The van der Waals surface area contributed by atoms with Crippen LogP contribution in [-0.4, -0.2) is 36.1 Å². The standard InChI is InChI=1S/C13H20FN3S/c1-9(2)17(3)7-6-16-12-5-4-10(14)8-11(12)13(15)18/h4-5,8-9,16H,6-7H2,1-3H3,(H2,15,18). The number of nitrogens with one attached hydrogen (secondary N) is 1. The maximum atomic E-state index is 13.1. The Balaban J connectivity index is 2.65. The molecule has 0 saturated heterocycles. The van der Waals surface area contributed by atoms with Crippen molar-refractivity contribution in [2.24, 2.45) is 5.73 Å². The second kappa shape index (κ2) is 6.66. The third kappa shape index (κ3) is 4.23. The minimum atomic E-state index is -0.331. The van der Waals surface area contributed by atoms with Crippen LogP contribution in [0.2, 0.25) is 0 Å². The van der Waals surface area contributed by atoms with Crippen LogP contribution in [0.3, 0.4) is 0 Å². The van der Waals surface area contributed by atoms with E-state index in [4.69, 9.17) is 18.0 Å². The van der Waals surface area contributed by atoms with Gasteiger partial charge >= 0.3 is 0 Å². The van der Waals surface area contributed by atoms with E-state index in [-0.39, 0.29) is 10.8 Å². The zero-order chi connectivity index (χ0) is 13.7. The summed E-state index contributed by atoms with van der Waals surface area (Å²) >= 11 is 4.91. The minimum absolute atomic E-state index is 0.203. The van der Waals surface area contributed by atoms with E-state index in [1.807, 2.05) is 0 Å². The minimum Gasteiger partial charge on any atom is -0.389 e. The molecule has 0 spiro atoms. The molecule has 0 aliphatic rings. The lowest BCUT2D eigenvalue weighted by molar-refractivity contribution is 0.284. The first-order valence-electron chi connectivity index (χ1n) is 5.95. The molecule has 0 radical (unpaired) electrons. The van der Waals surface area contributed by atoms with Crippen molar-refractivity contribution < 1.29 is 4.39 Å². The van der Waals surface area contributed by atoms with Crippen molar-refractivity contribution in [3.05, 3.63) is 29.6 Å². The van der Waals surface area contributed by atoms with Crippen LogP contribution in [0.5, 0.6) is 0 Å². The summed E-state index contributed by atoms with van der Waals surface area (Å²) in [4.78, 5) is 2.42. The van der Waals surface area contributed by atoms with Crippen LogP contribution in [0.4, 0.5) is 10.1 Å². The Bertz CT molecular complexity index is 421. The molecule has 5 heteroatoms. The normalized spacial score (nSPS) is 11.0. The van der Waals surface area contributed by atoms with E-state index in [0.717, 1.165) is 18.8 Å². The average Bonchev–Trinajstić information content (AvgIpc) is 2.30. The van der Waals surface area contributed by atoms with Gasteiger partial charge < -0.3 is 16.0 Å². The summed E-state index contributed by atoms with van der Waals surface area (Å²) in [5.41, 5.74) is 6.91. The Hall–Kier alpha value is -1.20. The molecular weight excluding hydrogens is 249 g/mol. The summed E-state index contributed by atoms with van der Waals surface area (Å²) in [7, 11) is 2.06. The first-order valence-corrected chi connectivity index (χ1v) is 6.36. The van der Waals surface area contributed by atoms with Crippen LogP contribution in [-0.2, 0) is 0 Å². The second-order valence-corrected chi connectivity index (χ2v) is 5.00. The fraction of sp³-hybridized carbons (Fsp3) is 0.462. The van der Waals surface area contributed by atoms with Crippen LogP contribution in [0, 0.1) is 5.82 Å². The Morgan fingerprint density at radius 2 is 2.17 bits per heavy atom. The number of nitrogens with zero attached hydrogens (tertiary/aromatic N) is 1. The van der Waals surface area contributed by atoms with E-state index < -0.39 is 0 Å². The van der Waals surface area contributed by atoms with Crippen LogP contribution in [0.15, 0.2) is 18.2 Å². The lowest BCUT2D eigenvalue weighted by Crippen LogP contribution is -2.31. The Morgan fingerprint density at radius 1 is 1.50 bits per heavy atom. The first-order chi connectivity index (χ1) is 8.41. The highest BCUT2D eigenvalue weighted by atomic mass is 32.1. The summed E-state index contributed by atoms with van der Waals surface area (Å²) in [5, 5.41) is 3.23. The number of anilines is 1. The highest BCUT2D eigenvalue weighted by molar-refractivity contribution is 7.80. The van der Waals surface area contributed by atoms with Crippen LogP contribution in [0.25, 0.3) is 0 Å². The molecule has 3 N–H and O–H groups in total. The summed E-state index contributed by atoms with van der Waals surface area (Å²) in [6.07, 6.45) is 0. The maximum Gasteiger partial charge on any atom is 0.124 e. The predicted octanol–water partition coefficient (Wildman–Crippen LogP) is 2.21. The van der Waals surface area contributed by atoms with Crippen molar-refractivity contribution >= 4 is 22.9 Å². The van der Waals surface area contributed by atoms with Gasteiger partial charge in [-0.15, -0.1) is 0 Å². The molecule has 0 unspecified atom stereocenters. The third-order valence-electron chi connectivity index (χ3n) is 2.91. The topological polar surface area (TPSA) is 41.3 Å². The molecule has 0 aromatic heterocycles. The molecule has 100 valence electrons. The van der Waals surface area contributed by atoms with E-state index in [9.17, 15) is 4.39 Å². The van der Waals surface area contributed by atoms with Gasteiger partial charge in [-0.3, -0.25) is 0 Å². The van der Waals surface area contributed by atoms with Gasteiger partial charge in [-0.05, 0) is 39.1 Å². The molecule has 0 aliphatic heterocycles. The van der Waals surface area contributed by atoms with Crippen LogP contribution >= 0.6 is 12.2 Å². The Kier molecular flexibility index (Phi) is 5.50. The van der Waals surface area contributed by atoms with Gasteiger partial charge in [-0.1, -0.05) is 12.2 Å². The van der Waals surface area contributed by atoms with Gasteiger partial charge in [0.2, 0.25) is 0 Å². The molecule has 0 aliphatic carbocycles. The van der Waals surface area contributed by atoms with Gasteiger partial charge in [0, 0.05) is 30.4 Å². The quantitative estimate of drug-likeness (QED) is 0.777. The molecule has 0 fully saturated rings. The van der Waals surface area contributed by atoms with Crippen molar-refractivity contribution in [1.29, 1.82) is 0 Å². The van der Waals surface area contributed by atoms with E-state index in [1.165, 1.54) is 12.1 Å². The van der Waals surface area contributed by atoms with Crippen molar-refractivity contribution in [3.8, 4) is 0 Å². The van der Waals surface area contributed by atoms with Gasteiger partial charge in [-0.2, -0.15) is 0 Å². The van der Waals surface area contributed by atoms with Gasteiger partial charge in [0.05, 0.1) is 0 Å². The van der Waals surface area contributed by atoms with Gasteiger partial charge in [-0.25, -0.2) is 4.39 Å². The summed E-state index contributed by atoms with van der Waals surface area (Å²) in [6, 6.07) is 4.92. The molecule has 1 aromatic rings. The number of likely N-dealkylation sites (N-methyl/N-ethyl adjacent to an activating group) is 1. The molecule has 3 nitrogen and oxygen atoms in total. The van der Waals surface area contributed by atoms with Gasteiger partial charge in [0.1, 0.15) is 10.8 Å². The Labute approximate surface area is 113 Å². The zero-order valence-corrected chi connectivity index (χ0v) is 11.9. The third-order valence-corrected chi connectivity index (χ3v) is 3.13. The highest BCUT2D eigenvalue weighted by Crippen LogP contribution is 2.16. The van der Waals surface area contributed by atoms with Crippen molar-refractivity contribution in [1.82, 2.24) is 4.90 Å². The molecule has 0 saturated carbocycles. The highest BCUT2D eigenvalue weighted by Gasteiger charge is 2.07. The second-order valence-electron chi connectivity index (χ2n) is 4.56. The summed E-state index contributed by atoms with van der Waals surface area (Å²) < 4.78 is 13.1. The predicted molar refractivity (Wildman–Crippen MR) is 78.5 cm³/mol. The van der Waals surface area contributed by atoms with Gasteiger partial charge in [0.15, 0.2) is 0 Å². The SMILES string of the molecule is CC(C)N(C)CCNc1ccc(F)cc1C(N)=S. The monoisotopic (exact) mass is 269 g/mol. The molecule has 0 heterocycles. The fourth-order valence-corrected chi connectivity index (χ4v) is 1.67. The molecule has 0 amide bonds. The molecule has 18 heavy (non-hydrogen) atoms. The number of rotatable bonds is 6.